The highest BCUT2D eigenvalue weighted by Gasteiger charge is 2.23. The van der Waals surface area contributed by atoms with Crippen LogP contribution in [0.25, 0.3) is 11.3 Å². The Morgan fingerprint density at radius 3 is 2.61 bits per heavy atom. The number of piperidine rings is 1. The highest BCUT2D eigenvalue weighted by Crippen LogP contribution is 2.21. The van der Waals surface area contributed by atoms with E-state index in [0.717, 1.165) is 43.7 Å². The van der Waals surface area contributed by atoms with E-state index in [2.05, 4.69) is 4.98 Å². The summed E-state index contributed by atoms with van der Waals surface area (Å²) in [4.78, 5) is 18.6. The molecule has 2 heterocycles. The molecule has 2 aromatic rings. The smallest absolute Gasteiger partial charge is 0.223 e. The molecule has 1 saturated heterocycles. The first-order valence-electron chi connectivity index (χ1n) is 9.36. The molecule has 0 spiro atoms. The van der Waals surface area contributed by atoms with Crippen LogP contribution in [0, 0.1) is 0 Å². The molecule has 0 atom stereocenters. The van der Waals surface area contributed by atoms with Gasteiger partial charge in [0.2, 0.25) is 5.91 Å². The molecule has 1 aliphatic heterocycles. The van der Waals surface area contributed by atoms with Gasteiger partial charge in [-0.3, -0.25) is 4.79 Å². The standard InChI is InChI=1S/C20H27N3O3.2ClH/c21-11-4-14-25-17-9-12-23(13-10-17)20(24)8-7-19-22-15-18(26-19)16-5-2-1-3-6-16;;/h1-3,5-6,15,17H,4,7-14,21H2;2*1H. The van der Waals surface area contributed by atoms with Crippen LogP contribution in [0.3, 0.4) is 0 Å². The van der Waals surface area contributed by atoms with Crippen molar-refractivity contribution in [3.63, 3.8) is 0 Å². The Labute approximate surface area is 178 Å². The third-order valence-corrected chi connectivity index (χ3v) is 4.66. The molecule has 1 aromatic carbocycles. The fraction of sp³-hybridized carbons (Fsp3) is 0.500. The number of likely N-dealkylation sites (tertiary alicyclic amines) is 1. The van der Waals surface area contributed by atoms with E-state index in [1.165, 1.54) is 0 Å². The van der Waals surface area contributed by atoms with Crippen molar-refractivity contribution in [1.29, 1.82) is 0 Å². The highest BCUT2D eigenvalue weighted by molar-refractivity contribution is 5.85. The lowest BCUT2D eigenvalue weighted by molar-refractivity contribution is -0.133. The van der Waals surface area contributed by atoms with Gasteiger partial charge in [0.05, 0.1) is 12.3 Å². The van der Waals surface area contributed by atoms with E-state index in [4.69, 9.17) is 14.9 Å². The second kappa shape index (κ2) is 12.8. The van der Waals surface area contributed by atoms with Gasteiger partial charge >= 0.3 is 0 Å². The second-order valence-corrected chi connectivity index (χ2v) is 6.58. The molecular weight excluding hydrogens is 401 g/mol. The zero-order valence-electron chi connectivity index (χ0n) is 15.9. The molecule has 0 radical (unpaired) electrons. The van der Waals surface area contributed by atoms with Gasteiger partial charge in [0.25, 0.3) is 0 Å². The number of carbonyl (C=O) groups excluding carboxylic acids is 1. The van der Waals surface area contributed by atoms with Crippen LogP contribution in [0.5, 0.6) is 0 Å². The molecule has 28 heavy (non-hydrogen) atoms. The van der Waals surface area contributed by atoms with E-state index in [0.29, 0.717) is 31.9 Å². The number of hydrogen-bond donors (Lipinski definition) is 1. The van der Waals surface area contributed by atoms with Crippen molar-refractivity contribution in [2.45, 2.75) is 38.2 Å². The number of nitrogens with two attached hydrogens (primary N) is 1. The van der Waals surface area contributed by atoms with Crippen LogP contribution < -0.4 is 5.73 Å². The number of oxazole rings is 1. The van der Waals surface area contributed by atoms with Crippen molar-refractivity contribution in [2.75, 3.05) is 26.2 Å². The molecule has 2 N–H and O–H groups in total. The second-order valence-electron chi connectivity index (χ2n) is 6.58. The lowest BCUT2D eigenvalue weighted by Gasteiger charge is -2.32. The van der Waals surface area contributed by atoms with Crippen molar-refractivity contribution in [1.82, 2.24) is 9.88 Å². The van der Waals surface area contributed by atoms with Crippen molar-refractivity contribution in [2.24, 2.45) is 5.73 Å². The number of ether oxygens (including phenoxy) is 1. The van der Waals surface area contributed by atoms with Crippen molar-refractivity contribution in [3.8, 4) is 11.3 Å². The van der Waals surface area contributed by atoms with E-state index in [9.17, 15) is 4.79 Å². The Balaban J connectivity index is 0.00000196. The number of aryl methyl sites for hydroxylation is 1. The first kappa shape index (κ1) is 24.4. The first-order valence-corrected chi connectivity index (χ1v) is 9.36. The summed E-state index contributed by atoms with van der Waals surface area (Å²) in [5.41, 5.74) is 6.47. The van der Waals surface area contributed by atoms with E-state index >= 15 is 0 Å². The van der Waals surface area contributed by atoms with Crippen LogP contribution in [-0.2, 0) is 16.0 Å². The predicted octanol–water partition coefficient (Wildman–Crippen LogP) is 3.47. The zero-order valence-corrected chi connectivity index (χ0v) is 17.6. The lowest BCUT2D eigenvalue weighted by atomic mass is 10.1. The molecular formula is C20H29Cl2N3O3. The SMILES string of the molecule is Cl.Cl.NCCCOC1CCN(C(=O)CCc2ncc(-c3ccccc3)o2)CC1. The third-order valence-electron chi connectivity index (χ3n) is 4.66. The Morgan fingerprint density at radius 1 is 1.21 bits per heavy atom. The summed E-state index contributed by atoms with van der Waals surface area (Å²) in [5, 5.41) is 0. The van der Waals surface area contributed by atoms with Gasteiger partial charge in [0.15, 0.2) is 11.7 Å². The van der Waals surface area contributed by atoms with E-state index in [1.807, 2.05) is 35.2 Å². The quantitative estimate of drug-likeness (QED) is 0.649. The molecule has 156 valence electrons. The van der Waals surface area contributed by atoms with Crippen LogP contribution >= 0.6 is 24.8 Å². The number of aromatic nitrogens is 1. The molecule has 1 aromatic heterocycles. The molecule has 0 saturated carbocycles. The summed E-state index contributed by atoms with van der Waals surface area (Å²) in [6, 6.07) is 9.85. The van der Waals surface area contributed by atoms with Crippen LogP contribution in [0.15, 0.2) is 40.9 Å². The maximum absolute atomic E-state index is 12.4. The van der Waals surface area contributed by atoms with Gasteiger partial charge < -0.3 is 19.8 Å². The number of rotatable bonds is 8. The summed E-state index contributed by atoms with van der Waals surface area (Å²) in [6.07, 6.45) is 5.61. The van der Waals surface area contributed by atoms with E-state index in [1.54, 1.807) is 6.20 Å². The van der Waals surface area contributed by atoms with Crippen LogP contribution in [-0.4, -0.2) is 48.1 Å². The summed E-state index contributed by atoms with van der Waals surface area (Å²) < 4.78 is 11.5. The zero-order chi connectivity index (χ0) is 18.2. The Morgan fingerprint density at radius 2 is 1.93 bits per heavy atom. The van der Waals surface area contributed by atoms with Gasteiger partial charge in [-0.15, -0.1) is 24.8 Å². The molecule has 0 bridgehead atoms. The van der Waals surface area contributed by atoms with E-state index < -0.39 is 0 Å². The Hall–Kier alpha value is -1.60. The molecule has 1 amide bonds. The highest BCUT2D eigenvalue weighted by atomic mass is 35.5. The minimum Gasteiger partial charge on any atom is -0.441 e. The number of carbonyl (C=O) groups is 1. The van der Waals surface area contributed by atoms with Gasteiger partial charge in [-0.25, -0.2) is 4.98 Å². The van der Waals surface area contributed by atoms with Crippen LogP contribution in [0.2, 0.25) is 0 Å². The van der Waals surface area contributed by atoms with Crippen molar-refractivity contribution >= 4 is 30.7 Å². The molecule has 6 nitrogen and oxygen atoms in total. The summed E-state index contributed by atoms with van der Waals surface area (Å²) >= 11 is 0. The normalized spacial score (nSPS) is 14.2. The maximum Gasteiger partial charge on any atom is 0.223 e. The van der Waals surface area contributed by atoms with E-state index in [-0.39, 0.29) is 36.8 Å². The predicted molar refractivity (Wildman–Crippen MR) is 114 cm³/mol. The monoisotopic (exact) mass is 429 g/mol. The number of halogens is 2. The van der Waals surface area contributed by atoms with Crippen molar-refractivity contribution in [3.05, 3.63) is 42.4 Å². The maximum atomic E-state index is 12.4. The molecule has 8 heteroatoms. The summed E-state index contributed by atoms with van der Waals surface area (Å²) in [6.45, 7) is 2.88. The number of amides is 1. The van der Waals surface area contributed by atoms with Crippen LogP contribution in [0.1, 0.15) is 31.6 Å². The first-order chi connectivity index (χ1) is 12.8. The molecule has 1 aliphatic rings. The Kier molecular flexibility index (Phi) is 11.2. The molecule has 1 fully saturated rings. The molecule has 3 rings (SSSR count). The largest absolute Gasteiger partial charge is 0.441 e. The average molecular weight is 430 g/mol. The lowest BCUT2D eigenvalue weighted by Crippen LogP contribution is -2.41. The Bertz CT molecular complexity index is 689. The number of nitrogens with zero attached hydrogens (tertiary/aromatic N) is 2. The minimum atomic E-state index is 0. The molecule has 0 unspecified atom stereocenters. The van der Waals surface area contributed by atoms with Gasteiger partial charge in [-0.05, 0) is 25.8 Å². The van der Waals surface area contributed by atoms with Gasteiger partial charge in [0, 0.05) is 38.1 Å². The molecule has 0 aliphatic carbocycles. The van der Waals surface area contributed by atoms with Gasteiger partial charge in [0.1, 0.15) is 0 Å². The summed E-state index contributed by atoms with van der Waals surface area (Å²) in [7, 11) is 0. The fourth-order valence-electron chi connectivity index (χ4n) is 3.14. The van der Waals surface area contributed by atoms with Gasteiger partial charge in [-0.2, -0.15) is 0 Å². The van der Waals surface area contributed by atoms with Crippen molar-refractivity contribution < 1.29 is 13.9 Å². The number of hydrogen-bond acceptors (Lipinski definition) is 5. The van der Waals surface area contributed by atoms with Crippen LogP contribution in [0.4, 0.5) is 0 Å². The topological polar surface area (TPSA) is 81.6 Å². The summed E-state index contributed by atoms with van der Waals surface area (Å²) in [5.74, 6) is 1.51. The third kappa shape index (κ3) is 7.09. The fourth-order valence-corrected chi connectivity index (χ4v) is 3.14. The average Bonchev–Trinajstić information content (AvgIpc) is 3.17. The minimum absolute atomic E-state index is 0. The number of benzene rings is 1. The van der Waals surface area contributed by atoms with Gasteiger partial charge in [-0.1, -0.05) is 30.3 Å².